The average Bonchev–Trinajstić information content (AvgIpc) is 2.69. The zero-order valence-corrected chi connectivity index (χ0v) is 16.7. The number of rotatable bonds is 9. The van der Waals surface area contributed by atoms with Crippen molar-refractivity contribution in [1.82, 2.24) is 5.32 Å². The summed E-state index contributed by atoms with van der Waals surface area (Å²) in [6.07, 6.45) is -38.5. The monoisotopic (exact) mass is 585 g/mol. The van der Waals surface area contributed by atoms with Gasteiger partial charge >= 0.3 is 48.4 Å². The maximum Gasteiger partial charge on any atom is 0.462 e. The van der Waals surface area contributed by atoms with Crippen LogP contribution >= 0.6 is 0 Å². The maximum atomic E-state index is 14.3. The van der Waals surface area contributed by atoms with Gasteiger partial charge in [0.25, 0.3) is 5.91 Å². The lowest BCUT2D eigenvalue weighted by Gasteiger charge is -2.40. The summed E-state index contributed by atoms with van der Waals surface area (Å²) in [7, 11) is 0. The zero-order valence-electron chi connectivity index (χ0n) is 16.7. The van der Waals surface area contributed by atoms with Gasteiger partial charge in [-0.1, -0.05) is 30.3 Å². The third kappa shape index (κ3) is 6.12. The Bertz CT molecular complexity index is 943. The second-order valence-corrected chi connectivity index (χ2v) is 6.66. The molecule has 1 aromatic carbocycles. The summed E-state index contributed by atoms with van der Waals surface area (Å²) in [4.78, 5) is 11.6. The predicted molar refractivity (Wildman–Crippen MR) is 81.1 cm³/mol. The Balaban J connectivity index is 3.52. The highest BCUT2D eigenvalue weighted by molar-refractivity contribution is 5.84. The molecule has 0 saturated carbocycles. The Hall–Kier alpha value is -2.58. The van der Waals surface area contributed by atoms with Crippen LogP contribution < -0.4 is 5.32 Å². The van der Waals surface area contributed by atoms with Gasteiger partial charge < -0.3 is 5.32 Å². The molecule has 0 spiro atoms. The van der Waals surface area contributed by atoms with E-state index in [1.807, 2.05) is 4.74 Å². The van der Waals surface area contributed by atoms with Gasteiger partial charge in [-0.25, -0.2) is 0 Å². The third-order valence-corrected chi connectivity index (χ3v) is 3.95. The van der Waals surface area contributed by atoms with Crippen LogP contribution in [0.4, 0.5) is 74.6 Å². The molecule has 1 amide bonds. The van der Waals surface area contributed by atoms with E-state index in [1.54, 1.807) is 0 Å². The van der Waals surface area contributed by atoms with Crippen molar-refractivity contribution in [2.24, 2.45) is 0 Å². The van der Waals surface area contributed by atoms with Crippen molar-refractivity contribution in [1.29, 1.82) is 0 Å². The second kappa shape index (κ2) is 9.62. The fourth-order valence-electron chi connectivity index (χ4n) is 2.06. The van der Waals surface area contributed by atoms with E-state index >= 15 is 0 Å². The van der Waals surface area contributed by atoms with Gasteiger partial charge in [0.15, 0.2) is 0 Å². The minimum atomic E-state index is -8.04. The Kier molecular flexibility index (Phi) is 8.44. The highest BCUT2D eigenvalue weighted by atomic mass is 19.4. The summed E-state index contributed by atoms with van der Waals surface area (Å²) in [5.41, 5.74) is -0.209. The molecule has 0 saturated heterocycles. The number of amides is 1. The Morgan fingerprint density at radius 1 is 0.622 bits per heavy atom. The normalized spacial score (nSPS) is 17.6. The first-order valence-electron chi connectivity index (χ1n) is 8.60. The van der Waals surface area contributed by atoms with Crippen LogP contribution in [-0.2, 0) is 20.8 Å². The molecule has 0 radical (unpaired) electrons. The first-order valence-corrected chi connectivity index (χ1v) is 8.60. The first-order chi connectivity index (χ1) is 16.2. The lowest BCUT2D eigenvalue weighted by atomic mass is 10.2. The molecule has 1 aromatic rings. The molecule has 21 heteroatoms. The Morgan fingerprint density at radius 2 is 1.08 bits per heavy atom. The van der Waals surface area contributed by atoms with Crippen LogP contribution in [0, 0.1) is 0 Å². The highest BCUT2D eigenvalue weighted by Gasteiger charge is 2.85. The highest BCUT2D eigenvalue weighted by Crippen LogP contribution is 2.56. The van der Waals surface area contributed by atoms with E-state index in [4.69, 9.17) is 0 Å². The fraction of sp³-hybridized carbons (Fsp3) is 0.562. The number of hydrogen-bond donors (Lipinski definition) is 1. The van der Waals surface area contributed by atoms with Crippen LogP contribution in [-0.4, -0.2) is 54.3 Å². The van der Waals surface area contributed by atoms with Crippen molar-refractivity contribution in [3.63, 3.8) is 0 Å². The summed E-state index contributed by atoms with van der Waals surface area (Å²) in [6.45, 7) is -1.19. The summed E-state index contributed by atoms with van der Waals surface area (Å²) in [6, 6.07) is 5.63. The van der Waals surface area contributed by atoms with Crippen molar-refractivity contribution in [3.8, 4) is 0 Å². The van der Waals surface area contributed by atoms with Crippen molar-refractivity contribution < 1.29 is 88.9 Å². The maximum absolute atomic E-state index is 14.3. The van der Waals surface area contributed by atoms with Gasteiger partial charge in [0.05, 0.1) is 0 Å². The SMILES string of the molecule is O=C(NCc1ccccc1)[C@](F)(OC(F)(F)[C@](F)(OC(F)(F)C(F)(F)C(F)(F)F)C(F)(F)F)C(F)(F)F. The van der Waals surface area contributed by atoms with Crippen LogP contribution in [0.5, 0.6) is 0 Å². The molecular weight excluding hydrogens is 577 g/mol. The van der Waals surface area contributed by atoms with E-state index in [0.717, 1.165) is 29.6 Å². The van der Waals surface area contributed by atoms with E-state index in [0.29, 0.717) is 0 Å². The van der Waals surface area contributed by atoms with E-state index in [1.165, 1.54) is 10.8 Å². The molecule has 4 nitrogen and oxygen atoms in total. The van der Waals surface area contributed by atoms with Gasteiger partial charge in [0.2, 0.25) is 0 Å². The summed E-state index contributed by atoms with van der Waals surface area (Å²) in [5.74, 6) is -26.1. The summed E-state index contributed by atoms with van der Waals surface area (Å²) < 4.78 is 225. The molecule has 2 atom stereocenters. The largest absolute Gasteiger partial charge is 0.462 e. The quantitative estimate of drug-likeness (QED) is 0.353. The average molecular weight is 585 g/mol. The molecule has 0 aliphatic rings. The molecule has 0 fully saturated rings. The van der Waals surface area contributed by atoms with E-state index in [2.05, 4.69) is 0 Å². The van der Waals surface area contributed by atoms with Crippen LogP contribution in [0.2, 0.25) is 0 Å². The number of hydrogen-bond acceptors (Lipinski definition) is 3. The van der Waals surface area contributed by atoms with Crippen molar-refractivity contribution in [2.75, 3.05) is 0 Å². The molecule has 214 valence electrons. The van der Waals surface area contributed by atoms with Gasteiger partial charge in [-0.3, -0.25) is 14.3 Å². The standard InChI is InChI=1S/C16H8F17NO3/c17-9(12(21,22)23,8(35)34-6-7-4-2-1-3-5-7)36-16(32,33)11(20,14(27,28)29)37-15(30,31)10(18,19)13(24,25)26/h1-5H,6H2,(H,34,35)/t9-,11+/m0/s1. The van der Waals surface area contributed by atoms with Crippen molar-refractivity contribution in [3.05, 3.63) is 35.9 Å². The zero-order chi connectivity index (χ0) is 29.5. The minimum absolute atomic E-state index is 0.209. The van der Waals surface area contributed by atoms with Crippen molar-refractivity contribution >= 4 is 5.91 Å². The van der Waals surface area contributed by atoms with E-state index < -0.39 is 60.8 Å². The Labute approximate surface area is 192 Å². The van der Waals surface area contributed by atoms with E-state index in [-0.39, 0.29) is 5.56 Å². The fourth-order valence-corrected chi connectivity index (χ4v) is 2.06. The van der Waals surface area contributed by atoms with Crippen molar-refractivity contribution in [2.45, 2.75) is 54.9 Å². The van der Waals surface area contributed by atoms with Gasteiger partial charge in [-0.05, 0) is 5.56 Å². The second-order valence-electron chi connectivity index (χ2n) is 6.66. The van der Waals surface area contributed by atoms with Gasteiger partial charge in [-0.15, -0.1) is 0 Å². The number of alkyl halides is 17. The van der Waals surface area contributed by atoms with E-state index in [9.17, 15) is 79.4 Å². The first kappa shape index (κ1) is 32.4. The molecule has 0 heterocycles. The van der Waals surface area contributed by atoms with Gasteiger partial charge in [0, 0.05) is 6.54 Å². The summed E-state index contributed by atoms with van der Waals surface area (Å²) >= 11 is 0. The number of carbonyl (C=O) groups excluding carboxylic acids is 1. The lowest BCUT2D eigenvalue weighted by Crippen LogP contribution is -2.68. The number of benzene rings is 1. The number of nitrogens with one attached hydrogen (secondary N) is 1. The molecule has 0 aliphatic heterocycles. The molecule has 1 rings (SSSR count). The molecular formula is C16H8F17NO3. The molecule has 0 unspecified atom stereocenters. The third-order valence-electron chi connectivity index (χ3n) is 3.95. The smallest absolute Gasteiger partial charge is 0.347 e. The van der Waals surface area contributed by atoms with Crippen LogP contribution in [0.25, 0.3) is 0 Å². The summed E-state index contributed by atoms with van der Waals surface area (Å²) in [5, 5.41) is 0.898. The number of halogens is 17. The van der Waals surface area contributed by atoms with Crippen LogP contribution in [0.1, 0.15) is 5.56 Å². The Morgan fingerprint density at radius 3 is 1.46 bits per heavy atom. The van der Waals surface area contributed by atoms with Gasteiger partial charge in [-0.2, -0.15) is 74.6 Å². The van der Waals surface area contributed by atoms with Gasteiger partial charge in [0.1, 0.15) is 0 Å². The predicted octanol–water partition coefficient (Wildman–Crippen LogP) is 6.18. The number of carbonyl (C=O) groups is 1. The minimum Gasteiger partial charge on any atom is -0.347 e. The molecule has 0 aromatic heterocycles. The molecule has 1 N–H and O–H groups in total. The molecule has 0 aliphatic carbocycles. The lowest BCUT2D eigenvalue weighted by molar-refractivity contribution is -0.548. The number of ether oxygens (including phenoxy) is 2. The van der Waals surface area contributed by atoms with Crippen LogP contribution in [0.15, 0.2) is 30.3 Å². The topological polar surface area (TPSA) is 47.6 Å². The molecule has 37 heavy (non-hydrogen) atoms. The molecule has 0 bridgehead atoms. The van der Waals surface area contributed by atoms with Crippen LogP contribution in [0.3, 0.4) is 0 Å².